The predicted octanol–water partition coefficient (Wildman–Crippen LogP) is 1.65. The monoisotopic (exact) mass is 292 g/mol. The zero-order chi connectivity index (χ0) is 15.4. The molecule has 3 aliphatic carbocycles. The average Bonchev–Trinajstić information content (AvgIpc) is 3.09. The second kappa shape index (κ2) is 4.68. The van der Waals surface area contributed by atoms with E-state index in [-0.39, 0.29) is 23.6 Å². The van der Waals surface area contributed by atoms with Gasteiger partial charge in [-0.15, -0.1) is 0 Å². The minimum absolute atomic E-state index is 0.0386. The number of hydrogen-bond donors (Lipinski definition) is 0. The Morgan fingerprint density at radius 3 is 2.38 bits per heavy atom. The molecule has 5 heteroatoms. The second-order valence-electron chi connectivity index (χ2n) is 6.27. The molecule has 0 N–H and O–H groups in total. The molecule has 4 atom stereocenters. The van der Waals surface area contributed by atoms with Crippen molar-refractivity contribution < 1.29 is 23.9 Å². The van der Waals surface area contributed by atoms with Crippen molar-refractivity contribution in [2.45, 2.75) is 32.6 Å². The summed E-state index contributed by atoms with van der Waals surface area (Å²) in [5.41, 5.74) is 0.217. The Hall–Kier alpha value is -1.65. The van der Waals surface area contributed by atoms with Crippen LogP contribution < -0.4 is 0 Å². The van der Waals surface area contributed by atoms with Gasteiger partial charge in [-0.3, -0.25) is 9.59 Å². The van der Waals surface area contributed by atoms with Gasteiger partial charge in [-0.1, -0.05) is 0 Å². The Morgan fingerprint density at radius 1 is 1.10 bits per heavy atom. The van der Waals surface area contributed by atoms with E-state index in [0.717, 1.165) is 19.3 Å². The molecule has 2 fully saturated rings. The van der Waals surface area contributed by atoms with Gasteiger partial charge < -0.3 is 9.47 Å². The Balaban J connectivity index is 2.11. The minimum Gasteiger partial charge on any atom is -0.469 e. The third kappa shape index (κ3) is 1.54. The number of ether oxygens (including phenoxy) is 2. The lowest BCUT2D eigenvalue weighted by molar-refractivity contribution is -0.154. The molecule has 114 valence electrons. The molecular weight excluding hydrogens is 272 g/mol. The number of rotatable bonds is 2. The van der Waals surface area contributed by atoms with Gasteiger partial charge in [-0.2, -0.15) is 0 Å². The molecule has 1 spiro atoms. The van der Waals surface area contributed by atoms with Crippen molar-refractivity contribution in [3.05, 3.63) is 11.1 Å². The largest absolute Gasteiger partial charge is 0.469 e. The number of methoxy groups -OCH3 is 2. The lowest BCUT2D eigenvalue weighted by Gasteiger charge is -2.34. The predicted molar refractivity (Wildman–Crippen MR) is 73.1 cm³/mol. The van der Waals surface area contributed by atoms with Crippen molar-refractivity contribution in [2.24, 2.45) is 23.2 Å². The Labute approximate surface area is 123 Å². The molecule has 0 bridgehead atoms. The lowest BCUT2D eigenvalue weighted by atomic mass is 9.67. The summed E-state index contributed by atoms with van der Waals surface area (Å²) in [6.45, 7) is 1.69. The fourth-order valence-electron chi connectivity index (χ4n) is 5.10. The first-order valence-electron chi connectivity index (χ1n) is 7.41. The van der Waals surface area contributed by atoms with Crippen LogP contribution in [0.5, 0.6) is 0 Å². The second-order valence-corrected chi connectivity index (χ2v) is 6.27. The summed E-state index contributed by atoms with van der Waals surface area (Å²) >= 11 is 0. The highest BCUT2D eigenvalue weighted by Crippen LogP contribution is 2.67. The van der Waals surface area contributed by atoms with Gasteiger partial charge in [0.05, 0.1) is 25.6 Å². The molecule has 3 unspecified atom stereocenters. The van der Waals surface area contributed by atoms with Crippen molar-refractivity contribution in [3.63, 3.8) is 0 Å². The minimum atomic E-state index is -0.749. The average molecular weight is 292 g/mol. The van der Waals surface area contributed by atoms with E-state index in [9.17, 15) is 14.4 Å². The summed E-state index contributed by atoms with van der Waals surface area (Å²) < 4.78 is 9.79. The first-order valence-corrected chi connectivity index (χ1v) is 7.41. The number of allylic oxidation sites excluding steroid dienone is 1. The molecule has 21 heavy (non-hydrogen) atoms. The Kier molecular flexibility index (Phi) is 3.19. The molecule has 3 aliphatic rings. The summed E-state index contributed by atoms with van der Waals surface area (Å²) in [5, 5.41) is 0. The van der Waals surface area contributed by atoms with Crippen LogP contribution in [0.4, 0.5) is 0 Å². The summed E-state index contributed by atoms with van der Waals surface area (Å²) in [6.07, 6.45) is 3.18. The fraction of sp³-hybridized carbons (Fsp3) is 0.688. The molecule has 2 saturated carbocycles. The fourth-order valence-corrected chi connectivity index (χ4v) is 5.10. The first-order chi connectivity index (χ1) is 9.99. The highest BCUT2D eigenvalue weighted by atomic mass is 16.5. The van der Waals surface area contributed by atoms with Crippen LogP contribution in [0.1, 0.15) is 32.6 Å². The van der Waals surface area contributed by atoms with Gasteiger partial charge in [-0.05, 0) is 38.5 Å². The zero-order valence-corrected chi connectivity index (χ0v) is 12.6. The number of carbonyl (C=O) groups is 3. The highest BCUT2D eigenvalue weighted by molar-refractivity contribution is 6.13. The lowest BCUT2D eigenvalue weighted by Crippen LogP contribution is -2.43. The van der Waals surface area contributed by atoms with Crippen molar-refractivity contribution in [1.29, 1.82) is 0 Å². The van der Waals surface area contributed by atoms with Crippen LogP contribution in [0.3, 0.4) is 0 Å². The van der Waals surface area contributed by atoms with Crippen LogP contribution in [-0.2, 0) is 23.9 Å². The van der Waals surface area contributed by atoms with Gasteiger partial charge >= 0.3 is 11.9 Å². The van der Waals surface area contributed by atoms with E-state index in [4.69, 9.17) is 9.47 Å². The topological polar surface area (TPSA) is 69.7 Å². The molecule has 0 aromatic heterocycles. The number of esters is 2. The van der Waals surface area contributed by atoms with Crippen molar-refractivity contribution in [3.8, 4) is 0 Å². The van der Waals surface area contributed by atoms with Crippen LogP contribution in [0.25, 0.3) is 0 Å². The summed E-state index contributed by atoms with van der Waals surface area (Å²) in [5.74, 6) is -1.23. The molecule has 0 radical (unpaired) electrons. The molecule has 0 saturated heterocycles. The van der Waals surface area contributed by atoms with Crippen LogP contribution >= 0.6 is 0 Å². The normalized spacial score (nSPS) is 37.5. The van der Waals surface area contributed by atoms with Crippen molar-refractivity contribution >= 4 is 17.7 Å². The van der Waals surface area contributed by atoms with E-state index < -0.39 is 17.3 Å². The summed E-state index contributed by atoms with van der Waals surface area (Å²) in [4.78, 5) is 37.3. The molecule has 0 aromatic carbocycles. The number of hydrogen-bond acceptors (Lipinski definition) is 5. The Morgan fingerprint density at radius 2 is 1.76 bits per heavy atom. The van der Waals surface area contributed by atoms with Crippen molar-refractivity contribution in [1.82, 2.24) is 0 Å². The third-order valence-electron chi connectivity index (χ3n) is 5.81. The van der Waals surface area contributed by atoms with Crippen LogP contribution in [0, 0.1) is 23.2 Å². The highest BCUT2D eigenvalue weighted by Gasteiger charge is 2.69. The zero-order valence-electron chi connectivity index (χ0n) is 12.6. The van der Waals surface area contributed by atoms with Gasteiger partial charge in [0.1, 0.15) is 0 Å². The third-order valence-corrected chi connectivity index (χ3v) is 5.81. The molecule has 5 nitrogen and oxygen atoms in total. The van der Waals surface area contributed by atoms with E-state index in [1.54, 1.807) is 6.92 Å². The maximum absolute atomic E-state index is 13.0. The van der Waals surface area contributed by atoms with Gasteiger partial charge in [0.2, 0.25) is 0 Å². The molecule has 0 amide bonds. The quantitative estimate of drug-likeness (QED) is 0.724. The molecular formula is C16H20O5. The molecule has 0 aliphatic heterocycles. The number of ketones is 1. The van der Waals surface area contributed by atoms with Gasteiger partial charge in [0, 0.05) is 17.1 Å². The molecule has 0 heterocycles. The SMILES string of the molecule is COC(=O)C1=C(C)C(=O)C23C(CCC12)CC[C@@H]3C(=O)OC. The van der Waals surface area contributed by atoms with E-state index in [2.05, 4.69) is 0 Å². The summed E-state index contributed by atoms with van der Waals surface area (Å²) in [7, 11) is 2.69. The Bertz CT molecular complexity index is 561. The molecule has 0 aromatic rings. The van der Waals surface area contributed by atoms with E-state index in [1.807, 2.05) is 0 Å². The standard InChI is InChI=1S/C16H20O5/c1-8-12(15(19)21-3)10-6-4-9-5-7-11(14(18)20-2)16(9,10)13(8)17/h9-11H,4-7H2,1-3H3/t9?,10?,11-,16?/m1/s1. The first kappa shape index (κ1) is 14.3. The van der Waals surface area contributed by atoms with E-state index in [1.165, 1.54) is 14.2 Å². The van der Waals surface area contributed by atoms with Gasteiger partial charge in [-0.25, -0.2) is 4.79 Å². The number of Topliss-reactive ketones (excluding diaryl/α,β-unsaturated/α-hetero) is 1. The van der Waals surface area contributed by atoms with E-state index in [0.29, 0.717) is 17.6 Å². The van der Waals surface area contributed by atoms with Gasteiger partial charge in [0.15, 0.2) is 5.78 Å². The van der Waals surface area contributed by atoms with E-state index >= 15 is 0 Å². The van der Waals surface area contributed by atoms with Crippen molar-refractivity contribution in [2.75, 3.05) is 14.2 Å². The smallest absolute Gasteiger partial charge is 0.334 e. The van der Waals surface area contributed by atoms with Crippen LogP contribution in [0.15, 0.2) is 11.1 Å². The van der Waals surface area contributed by atoms with Crippen LogP contribution in [-0.4, -0.2) is 31.9 Å². The maximum Gasteiger partial charge on any atom is 0.334 e. The maximum atomic E-state index is 13.0. The van der Waals surface area contributed by atoms with Gasteiger partial charge in [0.25, 0.3) is 0 Å². The number of carbonyl (C=O) groups excluding carboxylic acids is 3. The van der Waals surface area contributed by atoms with Crippen LogP contribution in [0.2, 0.25) is 0 Å². The summed E-state index contributed by atoms with van der Waals surface area (Å²) in [6, 6.07) is 0. The molecule has 3 rings (SSSR count).